The molecule has 0 saturated heterocycles. The number of aromatic hydroxyl groups is 1. The zero-order valence-electron chi connectivity index (χ0n) is 11.6. The Labute approximate surface area is 126 Å². The highest BCUT2D eigenvalue weighted by molar-refractivity contribution is 6.31. The predicted molar refractivity (Wildman–Crippen MR) is 83.7 cm³/mol. The van der Waals surface area contributed by atoms with Crippen LogP contribution in [0.4, 0.5) is 0 Å². The lowest BCUT2D eigenvalue weighted by Crippen LogP contribution is -2.19. The van der Waals surface area contributed by atoms with Gasteiger partial charge in [0.15, 0.2) is 11.7 Å². The summed E-state index contributed by atoms with van der Waals surface area (Å²) in [6, 6.07) is 16.4. The molecule has 4 nitrogen and oxygen atoms in total. The fraction of sp³-hybridized carbons (Fsp3) is 0. The Hall–Kier alpha value is -3.14. The third kappa shape index (κ3) is 1.58. The third-order valence-electron chi connectivity index (χ3n) is 3.96. The lowest BCUT2D eigenvalue weighted by molar-refractivity contribution is 0.103. The van der Waals surface area contributed by atoms with Crippen LogP contribution in [0.2, 0.25) is 0 Å². The number of fused-ring (bicyclic) bond motifs is 2. The summed E-state index contributed by atoms with van der Waals surface area (Å²) in [6.45, 7) is 0. The first kappa shape index (κ1) is 12.6. The van der Waals surface area contributed by atoms with Crippen molar-refractivity contribution >= 4 is 11.5 Å². The molecule has 0 amide bonds. The van der Waals surface area contributed by atoms with E-state index in [1.807, 2.05) is 30.3 Å². The maximum Gasteiger partial charge on any atom is 0.199 e. The Bertz CT molecular complexity index is 924. The molecule has 0 saturated carbocycles. The van der Waals surface area contributed by atoms with Crippen molar-refractivity contribution < 1.29 is 9.90 Å². The molecule has 2 aromatic carbocycles. The highest BCUT2D eigenvalue weighted by Crippen LogP contribution is 2.38. The van der Waals surface area contributed by atoms with Crippen molar-refractivity contribution in [2.24, 2.45) is 0 Å². The molecule has 4 rings (SSSR count). The summed E-state index contributed by atoms with van der Waals surface area (Å²) in [7, 11) is 0. The van der Waals surface area contributed by atoms with Gasteiger partial charge in [-0.25, -0.2) is 0 Å². The van der Waals surface area contributed by atoms with Crippen LogP contribution < -0.4 is 0 Å². The maximum atomic E-state index is 12.8. The molecule has 0 fully saturated rings. The predicted octanol–water partition coefficient (Wildman–Crippen LogP) is 3.35. The molecule has 0 bridgehead atoms. The van der Waals surface area contributed by atoms with Crippen molar-refractivity contribution in [3.05, 3.63) is 76.9 Å². The van der Waals surface area contributed by atoms with Crippen LogP contribution in [0.1, 0.15) is 27.0 Å². The van der Waals surface area contributed by atoms with Gasteiger partial charge < -0.3 is 10.1 Å². The third-order valence-corrected chi connectivity index (χ3v) is 3.96. The monoisotopic (exact) mass is 288 g/mol. The molecule has 0 unspecified atom stereocenters. The van der Waals surface area contributed by atoms with Gasteiger partial charge in [-0.3, -0.25) is 10.2 Å². The number of carbonyl (C=O) groups excluding carboxylic acids is 1. The number of carbonyl (C=O) groups is 1. The van der Waals surface area contributed by atoms with Crippen LogP contribution in [0.15, 0.2) is 54.6 Å². The van der Waals surface area contributed by atoms with E-state index in [0.29, 0.717) is 22.4 Å². The molecule has 0 aliphatic heterocycles. The van der Waals surface area contributed by atoms with Crippen molar-refractivity contribution in [2.45, 2.75) is 0 Å². The minimum atomic E-state index is -0.169. The van der Waals surface area contributed by atoms with E-state index in [9.17, 15) is 9.90 Å². The Morgan fingerprint density at radius 3 is 2.23 bits per heavy atom. The van der Waals surface area contributed by atoms with Gasteiger partial charge in [0.05, 0.1) is 22.5 Å². The zero-order valence-corrected chi connectivity index (χ0v) is 11.6. The van der Waals surface area contributed by atoms with Crippen LogP contribution in [0.5, 0.6) is 5.88 Å². The van der Waals surface area contributed by atoms with E-state index >= 15 is 0 Å². The molecule has 0 atom stereocenters. The van der Waals surface area contributed by atoms with E-state index in [4.69, 9.17) is 5.41 Å². The molecule has 3 aromatic rings. The summed E-state index contributed by atoms with van der Waals surface area (Å²) in [5.74, 6) is -0.307. The molecule has 1 aromatic heterocycles. The lowest BCUT2D eigenvalue weighted by Gasteiger charge is -2.17. The summed E-state index contributed by atoms with van der Waals surface area (Å²) in [5.41, 5.74) is 3.22. The van der Waals surface area contributed by atoms with Crippen LogP contribution in [0.3, 0.4) is 0 Å². The van der Waals surface area contributed by atoms with Crippen molar-refractivity contribution in [1.82, 2.24) is 4.98 Å². The first-order chi connectivity index (χ1) is 10.7. The Morgan fingerprint density at radius 2 is 1.50 bits per heavy atom. The van der Waals surface area contributed by atoms with Crippen LogP contribution in [0.25, 0.3) is 11.3 Å². The van der Waals surface area contributed by atoms with Gasteiger partial charge >= 0.3 is 0 Å². The lowest BCUT2D eigenvalue weighted by atomic mass is 9.84. The summed E-state index contributed by atoms with van der Waals surface area (Å²) < 4.78 is 0. The zero-order chi connectivity index (χ0) is 15.3. The molecule has 4 heteroatoms. The number of rotatable bonds is 1. The van der Waals surface area contributed by atoms with E-state index in [0.717, 1.165) is 5.56 Å². The molecule has 3 N–H and O–H groups in total. The van der Waals surface area contributed by atoms with Crippen molar-refractivity contribution in [3.63, 3.8) is 0 Å². The summed E-state index contributed by atoms with van der Waals surface area (Å²) in [4.78, 5) is 15.7. The fourth-order valence-corrected chi connectivity index (χ4v) is 2.95. The van der Waals surface area contributed by atoms with Crippen molar-refractivity contribution in [2.75, 3.05) is 0 Å². The molecule has 106 valence electrons. The number of ketones is 1. The van der Waals surface area contributed by atoms with Gasteiger partial charge in [-0.15, -0.1) is 0 Å². The van der Waals surface area contributed by atoms with Crippen LogP contribution in [-0.4, -0.2) is 21.6 Å². The summed E-state index contributed by atoms with van der Waals surface area (Å²) >= 11 is 0. The average Bonchev–Trinajstić information content (AvgIpc) is 2.91. The smallest absolute Gasteiger partial charge is 0.199 e. The van der Waals surface area contributed by atoms with Crippen molar-refractivity contribution in [3.8, 4) is 17.1 Å². The average molecular weight is 288 g/mol. The number of hydrogen-bond acceptors (Lipinski definition) is 3. The second-order valence-corrected chi connectivity index (χ2v) is 5.21. The van der Waals surface area contributed by atoms with E-state index < -0.39 is 0 Å². The van der Waals surface area contributed by atoms with Gasteiger partial charge in [0.1, 0.15) is 0 Å². The van der Waals surface area contributed by atoms with Gasteiger partial charge in [0.25, 0.3) is 0 Å². The minimum Gasteiger partial charge on any atom is -0.494 e. The summed E-state index contributed by atoms with van der Waals surface area (Å²) in [5, 5.41) is 18.5. The SMILES string of the molecule is N=C1c2ccccc2C(=O)c2c(-c3ccccc3)[nH]c(O)c21. The Balaban J connectivity index is 2.03. The summed E-state index contributed by atoms with van der Waals surface area (Å²) in [6.07, 6.45) is 0. The molecular formula is C18H12N2O2. The number of aromatic amines is 1. The molecule has 22 heavy (non-hydrogen) atoms. The number of H-pyrrole nitrogens is 1. The van der Waals surface area contributed by atoms with Gasteiger partial charge in [0.2, 0.25) is 0 Å². The normalized spacial score (nSPS) is 12.9. The maximum absolute atomic E-state index is 12.8. The van der Waals surface area contributed by atoms with E-state index in [1.54, 1.807) is 24.3 Å². The Kier molecular flexibility index (Phi) is 2.53. The quantitative estimate of drug-likeness (QED) is 0.502. The molecule has 1 aliphatic rings. The largest absolute Gasteiger partial charge is 0.494 e. The molecule has 1 heterocycles. The number of aromatic nitrogens is 1. The van der Waals surface area contributed by atoms with E-state index in [1.165, 1.54) is 0 Å². The Morgan fingerprint density at radius 1 is 0.864 bits per heavy atom. The highest BCUT2D eigenvalue weighted by Gasteiger charge is 2.34. The number of hydrogen-bond donors (Lipinski definition) is 3. The molecule has 1 aliphatic carbocycles. The number of benzene rings is 2. The van der Waals surface area contributed by atoms with Crippen LogP contribution >= 0.6 is 0 Å². The molecule has 0 spiro atoms. The second kappa shape index (κ2) is 4.43. The van der Waals surface area contributed by atoms with Gasteiger partial charge in [-0.05, 0) is 5.56 Å². The second-order valence-electron chi connectivity index (χ2n) is 5.21. The van der Waals surface area contributed by atoms with Crippen LogP contribution in [-0.2, 0) is 0 Å². The molecular weight excluding hydrogens is 276 g/mol. The topological polar surface area (TPSA) is 76.9 Å². The minimum absolute atomic E-state index is 0.137. The number of nitrogens with one attached hydrogen (secondary N) is 2. The van der Waals surface area contributed by atoms with E-state index in [-0.39, 0.29) is 22.9 Å². The first-order valence-electron chi connectivity index (χ1n) is 6.92. The van der Waals surface area contributed by atoms with Gasteiger partial charge in [-0.1, -0.05) is 54.6 Å². The molecule has 0 radical (unpaired) electrons. The van der Waals surface area contributed by atoms with E-state index in [2.05, 4.69) is 4.98 Å². The standard InChI is InChI=1S/C18H12N2O2/c19-15-11-8-4-5-9-12(11)17(21)14-13(15)18(22)20-16(14)10-6-2-1-3-7-10/h1-9,19-20,22H. The van der Waals surface area contributed by atoms with Gasteiger partial charge in [0, 0.05) is 11.1 Å². The van der Waals surface area contributed by atoms with Gasteiger partial charge in [-0.2, -0.15) is 0 Å². The first-order valence-corrected chi connectivity index (χ1v) is 6.92. The highest BCUT2D eigenvalue weighted by atomic mass is 16.3. The van der Waals surface area contributed by atoms with Crippen LogP contribution in [0, 0.1) is 5.41 Å². The fourth-order valence-electron chi connectivity index (χ4n) is 2.95. The van der Waals surface area contributed by atoms with Crippen molar-refractivity contribution in [1.29, 1.82) is 5.41 Å².